The minimum Gasteiger partial charge on any atom is -0.481 e. The lowest BCUT2D eigenvalue weighted by molar-refractivity contribution is -0.143. The number of rotatable bonds is 5. The molecule has 6 heteroatoms. The van der Waals surface area contributed by atoms with E-state index in [9.17, 15) is 19.5 Å². The van der Waals surface area contributed by atoms with Crippen LogP contribution in [0.15, 0.2) is 0 Å². The van der Waals surface area contributed by atoms with Crippen molar-refractivity contribution in [3.63, 3.8) is 0 Å². The summed E-state index contributed by atoms with van der Waals surface area (Å²) in [4.78, 5) is 38.0. The Morgan fingerprint density at radius 3 is 2.54 bits per heavy atom. The maximum absolute atomic E-state index is 12.6. The van der Waals surface area contributed by atoms with Crippen LogP contribution in [-0.2, 0) is 14.4 Å². The van der Waals surface area contributed by atoms with E-state index in [1.807, 2.05) is 6.92 Å². The van der Waals surface area contributed by atoms with Gasteiger partial charge in [0.15, 0.2) is 0 Å². The van der Waals surface area contributed by atoms with Crippen molar-refractivity contribution in [1.29, 1.82) is 0 Å². The summed E-state index contributed by atoms with van der Waals surface area (Å²) in [5, 5.41) is 12.4. The fraction of sp³-hybridized carbons (Fsp3) is 0.833. The van der Waals surface area contributed by atoms with E-state index >= 15 is 0 Å². The molecule has 0 aromatic rings. The first-order valence-corrected chi connectivity index (χ1v) is 9.34. The van der Waals surface area contributed by atoms with Crippen molar-refractivity contribution < 1.29 is 19.5 Å². The van der Waals surface area contributed by atoms with Crippen LogP contribution in [0.4, 0.5) is 0 Å². The topological polar surface area (TPSA) is 86.7 Å². The van der Waals surface area contributed by atoms with E-state index < -0.39 is 11.9 Å². The fourth-order valence-electron chi connectivity index (χ4n) is 3.87. The number of carbonyl (C=O) groups is 3. The van der Waals surface area contributed by atoms with Crippen LogP contribution in [0.1, 0.15) is 64.7 Å². The molecule has 1 aliphatic heterocycles. The zero-order valence-electron chi connectivity index (χ0n) is 14.6. The van der Waals surface area contributed by atoms with E-state index in [2.05, 4.69) is 5.32 Å². The Bertz CT molecular complexity index is 466. The van der Waals surface area contributed by atoms with Crippen molar-refractivity contribution in [2.75, 3.05) is 13.1 Å². The van der Waals surface area contributed by atoms with Gasteiger partial charge in [-0.3, -0.25) is 14.4 Å². The van der Waals surface area contributed by atoms with E-state index in [4.69, 9.17) is 0 Å². The molecule has 24 heavy (non-hydrogen) atoms. The van der Waals surface area contributed by atoms with Crippen LogP contribution >= 0.6 is 0 Å². The summed E-state index contributed by atoms with van der Waals surface area (Å²) >= 11 is 0. The first-order valence-electron chi connectivity index (χ1n) is 9.34. The molecule has 1 aliphatic carbocycles. The van der Waals surface area contributed by atoms with Crippen molar-refractivity contribution in [2.24, 2.45) is 11.8 Å². The van der Waals surface area contributed by atoms with Gasteiger partial charge in [0.1, 0.15) is 0 Å². The molecular formula is C18H30N2O4. The summed E-state index contributed by atoms with van der Waals surface area (Å²) < 4.78 is 0. The molecule has 1 saturated carbocycles. The lowest BCUT2D eigenvalue weighted by Gasteiger charge is -2.33. The molecule has 1 unspecified atom stereocenters. The fourth-order valence-corrected chi connectivity index (χ4v) is 3.87. The maximum atomic E-state index is 12.6. The second kappa shape index (κ2) is 9.04. The minimum atomic E-state index is -0.814. The van der Waals surface area contributed by atoms with Gasteiger partial charge in [0.25, 0.3) is 0 Å². The van der Waals surface area contributed by atoms with Gasteiger partial charge in [-0.05, 0) is 32.1 Å². The van der Waals surface area contributed by atoms with Crippen molar-refractivity contribution >= 4 is 17.8 Å². The number of hydrogen-bond donors (Lipinski definition) is 2. The second-order valence-electron chi connectivity index (χ2n) is 7.13. The zero-order valence-corrected chi connectivity index (χ0v) is 14.6. The van der Waals surface area contributed by atoms with Crippen LogP contribution in [0.25, 0.3) is 0 Å². The number of nitrogens with zero attached hydrogens (tertiary/aromatic N) is 1. The molecule has 0 aromatic carbocycles. The molecule has 0 aromatic heterocycles. The van der Waals surface area contributed by atoms with Crippen LogP contribution < -0.4 is 5.32 Å². The van der Waals surface area contributed by atoms with Gasteiger partial charge in [0, 0.05) is 25.6 Å². The third-order valence-corrected chi connectivity index (χ3v) is 5.27. The molecule has 2 N–H and O–H groups in total. The van der Waals surface area contributed by atoms with Crippen molar-refractivity contribution in [3.05, 3.63) is 0 Å². The highest BCUT2D eigenvalue weighted by molar-refractivity contribution is 5.82. The average Bonchev–Trinajstić information content (AvgIpc) is 2.80. The van der Waals surface area contributed by atoms with Gasteiger partial charge in [0.2, 0.25) is 11.8 Å². The third kappa shape index (κ3) is 4.95. The highest BCUT2D eigenvalue weighted by atomic mass is 16.4. The maximum Gasteiger partial charge on any atom is 0.308 e. The Morgan fingerprint density at radius 1 is 1.08 bits per heavy atom. The summed E-state index contributed by atoms with van der Waals surface area (Å²) in [7, 11) is 0. The van der Waals surface area contributed by atoms with Gasteiger partial charge in [-0.15, -0.1) is 0 Å². The summed E-state index contributed by atoms with van der Waals surface area (Å²) in [6.45, 7) is 3.17. The summed E-state index contributed by atoms with van der Waals surface area (Å²) in [6.07, 6.45) is 7.20. The van der Waals surface area contributed by atoms with Crippen LogP contribution in [0.3, 0.4) is 0 Å². The normalized spacial score (nSPS) is 28.0. The zero-order chi connectivity index (χ0) is 17.5. The standard InChI is InChI=1S/C18H30N2O4/c1-2-7-16(21)20-11-6-8-13(12-20)17(22)19-15-10-5-3-4-9-14(15)18(23)24/h13-15H,2-12H2,1H3,(H,19,22)(H,23,24)/t13?,14-,15+/m1/s1. The predicted molar refractivity (Wildman–Crippen MR) is 90.4 cm³/mol. The van der Waals surface area contributed by atoms with Gasteiger partial charge >= 0.3 is 5.97 Å². The molecule has 2 fully saturated rings. The molecule has 1 heterocycles. The van der Waals surface area contributed by atoms with Crippen LogP contribution in [0.5, 0.6) is 0 Å². The second-order valence-corrected chi connectivity index (χ2v) is 7.13. The van der Waals surface area contributed by atoms with Gasteiger partial charge in [-0.2, -0.15) is 0 Å². The quantitative estimate of drug-likeness (QED) is 0.752. The summed E-state index contributed by atoms with van der Waals surface area (Å²) in [5.74, 6) is -1.48. The number of piperidine rings is 1. The van der Waals surface area contributed by atoms with E-state index in [1.165, 1.54) is 0 Å². The molecule has 0 bridgehead atoms. The molecule has 136 valence electrons. The SMILES string of the molecule is CCCC(=O)N1CCCC(C(=O)N[C@H]2CCCCC[C@H]2C(=O)O)C1. The monoisotopic (exact) mass is 338 g/mol. The number of carboxylic acids is 1. The lowest BCUT2D eigenvalue weighted by atomic mass is 9.92. The number of nitrogens with one attached hydrogen (secondary N) is 1. The van der Waals surface area contributed by atoms with Gasteiger partial charge in [-0.1, -0.05) is 26.2 Å². The Balaban J connectivity index is 1.94. The molecule has 2 amide bonds. The molecule has 2 aliphatic rings. The molecule has 2 rings (SSSR count). The molecule has 1 saturated heterocycles. The van der Waals surface area contributed by atoms with E-state index in [1.54, 1.807) is 4.90 Å². The smallest absolute Gasteiger partial charge is 0.308 e. The highest BCUT2D eigenvalue weighted by Gasteiger charge is 2.34. The van der Waals surface area contributed by atoms with Crippen molar-refractivity contribution in [1.82, 2.24) is 10.2 Å². The van der Waals surface area contributed by atoms with Crippen LogP contribution in [-0.4, -0.2) is 46.9 Å². The van der Waals surface area contributed by atoms with E-state index in [0.717, 1.165) is 51.5 Å². The highest BCUT2D eigenvalue weighted by Crippen LogP contribution is 2.25. The largest absolute Gasteiger partial charge is 0.481 e. The molecule has 3 atom stereocenters. The predicted octanol–water partition coefficient (Wildman–Crippen LogP) is 2.17. The minimum absolute atomic E-state index is 0.0813. The lowest BCUT2D eigenvalue weighted by Crippen LogP contribution is -2.50. The number of likely N-dealkylation sites (tertiary alicyclic amines) is 1. The van der Waals surface area contributed by atoms with Gasteiger partial charge < -0.3 is 15.3 Å². The number of carbonyl (C=O) groups excluding carboxylic acids is 2. The summed E-state index contributed by atoms with van der Waals surface area (Å²) in [5.41, 5.74) is 0. The molecule has 0 spiro atoms. The first kappa shape index (κ1) is 18.7. The number of carboxylic acid groups (broad SMARTS) is 1. The number of aliphatic carboxylic acids is 1. The van der Waals surface area contributed by atoms with Crippen molar-refractivity contribution in [3.8, 4) is 0 Å². The molecular weight excluding hydrogens is 308 g/mol. The first-order chi connectivity index (χ1) is 11.5. The van der Waals surface area contributed by atoms with Crippen LogP contribution in [0, 0.1) is 11.8 Å². The number of hydrogen-bond acceptors (Lipinski definition) is 3. The van der Waals surface area contributed by atoms with E-state index in [0.29, 0.717) is 19.4 Å². The number of amides is 2. The molecule has 0 radical (unpaired) electrons. The van der Waals surface area contributed by atoms with E-state index in [-0.39, 0.29) is 23.8 Å². The van der Waals surface area contributed by atoms with Gasteiger partial charge in [-0.25, -0.2) is 0 Å². The Morgan fingerprint density at radius 2 is 1.83 bits per heavy atom. The Kier molecular flexibility index (Phi) is 7.06. The Labute approximate surface area is 144 Å². The van der Waals surface area contributed by atoms with Crippen LogP contribution in [0.2, 0.25) is 0 Å². The van der Waals surface area contributed by atoms with Gasteiger partial charge in [0.05, 0.1) is 11.8 Å². The Hall–Kier alpha value is -1.59. The van der Waals surface area contributed by atoms with Crippen molar-refractivity contribution in [2.45, 2.75) is 70.8 Å². The third-order valence-electron chi connectivity index (χ3n) is 5.27. The average molecular weight is 338 g/mol. The molecule has 6 nitrogen and oxygen atoms in total. The summed E-state index contributed by atoms with van der Waals surface area (Å²) in [6, 6.07) is -0.279.